The smallest absolute Gasteiger partial charge is 0.123 e. The molecule has 1 aliphatic heterocycles. The van der Waals surface area contributed by atoms with Crippen molar-refractivity contribution in [3.8, 4) is 0 Å². The van der Waals surface area contributed by atoms with Crippen molar-refractivity contribution >= 4 is 0 Å². The molecule has 3 heteroatoms. The average Bonchev–Trinajstić information content (AvgIpc) is 2.30. The molecule has 16 heavy (non-hydrogen) atoms. The van der Waals surface area contributed by atoms with Gasteiger partial charge in [-0.2, -0.15) is 0 Å². The van der Waals surface area contributed by atoms with Crippen molar-refractivity contribution in [3.05, 3.63) is 35.6 Å². The molecule has 0 aliphatic carbocycles. The third-order valence-corrected chi connectivity index (χ3v) is 3.00. The van der Waals surface area contributed by atoms with Gasteiger partial charge in [-0.25, -0.2) is 4.39 Å². The largest absolute Gasteiger partial charge is 0.367 e. The topological polar surface area (TPSA) is 21.3 Å². The van der Waals surface area contributed by atoms with E-state index in [1.807, 2.05) is 0 Å². The number of ether oxygens (including phenoxy) is 1. The first-order valence-electron chi connectivity index (χ1n) is 5.78. The summed E-state index contributed by atoms with van der Waals surface area (Å²) in [5.41, 5.74) is 1.04. The van der Waals surface area contributed by atoms with E-state index >= 15 is 0 Å². The number of nitrogens with one attached hydrogen (secondary N) is 1. The molecule has 1 aromatic carbocycles. The second-order valence-electron chi connectivity index (χ2n) is 4.62. The number of hydrogen-bond acceptors (Lipinski definition) is 2. The minimum absolute atomic E-state index is 0.0433. The Morgan fingerprint density at radius 1 is 1.25 bits per heavy atom. The summed E-state index contributed by atoms with van der Waals surface area (Å²) in [6.07, 6.45) is 0.283. The molecule has 1 heterocycles. The van der Waals surface area contributed by atoms with Gasteiger partial charge in [0.25, 0.3) is 0 Å². The van der Waals surface area contributed by atoms with Crippen LogP contribution in [0.25, 0.3) is 0 Å². The predicted molar refractivity (Wildman–Crippen MR) is 61.7 cm³/mol. The lowest BCUT2D eigenvalue weighted by molar-refractivity contribution is -0.0603. The van der Waals surface area contributed by atoms with Crippen LogP contribution in [0.15, 0.2) is 24.3 Å². The first kappa shape index (κ1) is 11.6. The second-order valence-corrected chi connectivity index (χ2v) is 4.62. The summed E-state index contributed by atoms with van der Waals surface area (Å²) >= 11 is 0. The number of benzene rings is 1. The molecule has 0 bridgehead atoms. The summed E-state index contributed by atoms with van der Waals surface area (Å²) in [7, 11) is 0. The molecule has 2 atom stereocenters. The van der Waals surface area contributed by atoms with Crippen molar-refractivity contribution in [1.82, 2.24) is 5.32 Å². The molecule has 0 amide bonds. The normalized spacial score (nSPS) is 26.0. The van der Waals surface area contributed by atoms with E-state index in [0.29, 0.717) is 5.92 Å². The number of hydrogen-bond donors (Lipinski definition) is 1. The molecule has 2 unspecified atom stereocenters. The molecule has 1 fully saturated rings. The van der Waals surface area contributed by atoms with Crippen LogP contribution in [0.4, 0.5) is 4.39 Å². The fourth-order valence-electron chi connectivity index (χ4n) is 1.93. The molecular weight excluding hydrogens is 205 g/mol. The minimum Gasteiger partial charge on any atom is -0.367 e. The third kappa shape index (κ3) is 2.60. The Morgan fingerprint density at radius 2 is 1.94 bits per heavy atom. The van der Waals surface area contributed by atoms with Crippen LogP contribution in [0.5, 0.6) is 0 Å². The van der Waals surface area contributed by atoms with Gasteiger partial charge in [-0.05, 0) is 23.6 Å². The Balaban J connectivity index is 2.06. The molecule has 2 nitrogen and oxygen atoms in total. The van der Waals surface area contributed by atoms with Crippen LogP contribution < -0.4 is 5.32 Å². The summed E-state index contributed by atoms with van der Waals surface area (Å²) in [6, 6.07) is 6.56. The fourth-order valence-corrected chi connectivity index (χ4v) is 1.93. The zero-order chi connectivity index (χ0) is 11.5. The van der Waals surface area contributed by atoms with E-state index in [2.05, 4.69) is 19.2 Å². The monoisotopic (exact) mass is 223 g/mol. The first-order valence-corrected chi connectivity index (χ1v) is 5.78. The van der Waals surface area contributed by atoms with Crippen LogP contribution >= 0.6 is 0 Å². The summed E-state index contributed by atoms with van der Waals surface area (Å²) in [6.45, 7) is 6.00. The molecule has 88 valence electrons. The van der Waals surface area contributed by atoms with E-state index in [-0.39, 0.29) is 18.0 Å². The van der Waals surface area contributed by atoms with E-state index in [1.54, 1.807) is 12.1 Å². The van der Waals surface area contributed by atoms with Gasteiger partial charge in [0.1, 0.15) is 5.82 Å². The Bertz CT molecular complexity index is 336. The van der Waals surface area contributed by atoms with Gasteiger partial charge in [0.05, 0.1) is 12.2 Å². The fraction of sp³-hybridized carbons (Fsp3) is 0.538. The zero-order valence-electron chi connectivity index (χ0n) is 9.74. The van der Waals surface area contributed by atoms with Gasteiger partial charge in [-0.1, -0.05) is 26.0 Å². The van der Waals surface area contributed by atoms with Crippen LogP contribution in [-0.2, 0) is 4.74 Å². The highest BCUT2D eigenvalue weighted by Crippen LogP contribution is 2.24. The third-order valence-electron chi connectivity index (χ3n) is 3.00. The van der Waals surface area contributed by atoms with Crippen LogP contribution in [-0.4, -0.2) is 19.2 Å². The number of morpholine rings is 1. The second kappa shape index (κ2) is 4.93. The molecule has 0 saturated carbocycles. The van der Waals surface area contributed by atoms with Crippen LogP contribution in [0.2, 0.25) is 0 Å². The molecule has 1 saturated heterocycles. The number of halogens is 1. The maximum absolute atomic E-state index is 12.8. The van der Waals surface area contributed by atoms with E-state index < -0.39 is 0 Å². The van der Waals surface area contributed by atoms with Crippen LogP contribution in [0, 0.1) is 11.7 Å². The molecule has 0 spiro atoms. The molecule has 2 rings (SSSR count). The predicted octanol–water partition coefficient (Wildman–Crippen LogP) is 2.51. The lowest BCUT2D eigenvalue weighted by atomic mass is 10.0. The van der Waals surface area contributed by atoms with Gasteiger partial charge < -0.3 is 10.1 Å². The van der Waals surface area contributed by atoms with Gasteiger partial charge >= 0.3 is 0 Å². The van der Waals surface area contributed by atoms with Crippen LogP contribution in [0.3, 0.4) is 0 Å². The minimum atomic E-state index is -0.201. The van der Waals surface area contributed by atoms with E-state index in [0.717, 1.165) is 18.7 Å². The molecule has 0 aromatic heterocycles. The molecule has 1 aromatic rings. The van der Waals surface area contributed by atoms with Gasteiger partial charge in [0.2, 0.25) is 0 Å². The van der Waals surface area contributed by atoms with Crippen LogP contribution in [0.1, 0.15) is 25.5 Å². The van der Waals surface area contributed by atoms with Crippen molar-refractivity contribution in [2.24, 2.45) is 5.92 Å². The highest BCUT2D eigenvalue weighted by Gasteiger charge is 2.25. The zero-order valence-corrected chi connectivity index (χ0v) is 9.74. The maximum atomic E-state index is 12.8. The summed E-state index contributed by atoms with van der Waals surface area (Å²) < 4.78 is 18.8. The van der Waals surface area contributed by atoms with Gasteiger partial charge in [-0.15, -0.1) is 0 Å². The van der Waals surface area contributed by atoms with Crippen molar-refractivity contribution in [2.75, 3.05) is 13.1 Å². The molecule has 1 N–H and O–H groups in total. The SMILES string of the molecule is CC(C)C1CNCC(c2ccc(F)cc2)O1. The quantitative estimate of drug-likeness (QED) is 0.831. The standard InChI is InChI=1S/C13H18FNO/c1-9(2)12-7-15-8-13(16-12)10-3-5-11(14)6-4-10/h3-6,9,12-13,15H,7-8H2,1-2H3. The van der Waals surface area contributed by atoms with Gasteiger partial charge in [0, 0.05) is 13.1 Å². The van der Waals surface area contributed by atoms with Gasteiger partial charge in [0.15, 0.2) is 0 Å². The van der Waals surface area contributed by atoms with Crippen molar-refractivity contribution in [1.29, 1.82) is 0 Å². The Kier molecular flexibility index (Phi) is 3.56. The Morgan fingerprint density at radius 3 is 2.56 bits per heavy atom. The lowest BCUT2D eigenvalue weighted by Gasteiger charge is -2.33. The molecular formula is C13H18FNO. The average molecular weight is 223 g/mol. The molecule has 0 radical (unpaired) electrons. The van der Waals surface area contributed by atoms with Crippen molar-refractivity contribution in [2.45, 2.75) is 26.1 Å². The van der Waals surface area contributed by atoms with Crippen molar-refractivity contribution < 1.29 is 9.13 Å². The maximum Gasteiger partial charge on any atom is 0.123 e. The van der Waals surface area contributed by atoms with Crippen molar-refractivity contribution in [3.63, 3.8) is 0 Å². The number of rotatable bonds is 2. The lowest BCUT2D eigenvalue weighted by Crippen LogP contribution is -2.43. The summed E-state index contributed by atoms with van der Waals surface area (Å²) in [5.74, 6) is 0.295. The Labute approximate surface area is 95.8 Å². The Hall–Kier alpha value is -0.930. The first-order chi connectivity index (χ1) is 7.66. The van der Waals surface area contributed by atoms with E-state index in [9.17, 15) is 4.39 Å². The summed E-state index contributed by atoms with van der Waals surface area (Å²) in [5, 5.41) is 3.36. The van der Waals surface area contributed by atoms with Gasteiger partial charge in [-0.3, -0.25) is 0 Å². The van der Waals surface area contributed by atoms with E-state index in [4.69, 9.17) is 4.74 Å². The highest BCUT2D eigenvalue weighted by molar-refractivity contribution is 5.19. The summed E-state index contributed by atoms with van der Waals surface area (Å²) in [4.78, 5) is 0. The van der Waals surface area contributed by atoms with E-state index in [1.165, 1.54) is 12.1 Å². The molecule has 1 aliphatic rings. The highest BCUT2D eigenvalue weighted by atomic mass is 19.1.